The molecule has 1 aromatic heterocycles. The van der Waals surface area contributed by atoms with Gasteiger partial charge in [-0.2, -0.15) is 0 Å². The quantitative estimate of drug-likeness (QED) is 0.0426. The van der Waals surface area contributed by atoms with Gasteiger partial charge in [0, 0.05) is 26.4 Å². The molecule has 3 aromatic carbocycles. The van der Waals surface area contributed by atoms with Crippen molar-refractivity contribution in [2.24, 2.45) is 0 Å². The second kappa shape index (κ2) is 26.0. The normalized spacial score (nSPS) is 14.2. The number of benzene rings is 3. The minimum absolute atomic E-state index is 0.0785. The maximum Gasteiger partial charge on any atom is 0.0426 e. The molecule has 1 nitrogen and oxygen atoms in total. The summed E-state index contributed by atoms with van der Waals surface area (Å²) in [6.45, 7) is 25.7. The van der Waals surface area contributed by atoms with Crippen molar-refractivity contribution in [3.63, 3.8) is 0 Å². The summed E-state index contributed by atoms with van der Waals surface area (Å²) in [6, 6.07) is 24.6. The molecule has 0 amide bonds. The molecule has 4 aromatic rings. The third-order valence-corrected chi connectivity index (χ3v) is 17.0. The first-order valence-electron chi connectivity index (χ1n) is 27.6. The summed E-state index contributed by atoms with van der Waals surface area (Å²) in [5.41, 5.74) is 22.7. The van der Waals surface area contributed by atoms with Crippen LogP contribution in [0.2, 0.25) is 0 Å². The van der Waals surface area contributed by atoms with Crippen LogP contribution < -0.4 is 5.73 Å². The van der Waals surface area contributed by atoms with E-state index in [2.05, 4.69) is 143 Å². The van der Waals surface area contributed by atoms with Gasteiger partial charge >= 0.3 is 0 Å². The second-order valence-corrected chi connectivity index (χ2v) is 24.1. The summed E-state index contributed by atoms with van der Waals surface area (Å²) in [5, 5.41) is 0. The van der Waals surface area contributed by atoms with Gasteiger partial charge in [-0.1, -0.05) is 259 Å². The van der Waals surface area contributed by atoms with E-state index < -0.39 is 0 Å². The largest absolute Gasteiger partial charge is 0.398 e. The van der Waals surface area contributed by atoms with Crippen molar-refractivity contribution in [3.8, 4) is 21.6 Å². The van der Waals surface area contributed by atoms with Gasteiger partial charge in [-0.15, -0.1) is 11.3 Å². The maximum atomic E-state index is 7.09. The van der Waals surface area contributed by atoms with E-state index in [9.17, 15) is 0 Å². The van der Waals surface area contributed by atoms with Gasteiger partial charge in [0.05, 0.1) is 0 Å². The Morgan fingerprint density at radius 1 is 0.576 bits per heavy atom. The van der Waals surface area contributed by atoms with E-state index in [1.165, 1.54) is 196 Å². The zero-order valence-electron chi connectivity index (χ0n) is 44.6. The van der Waals surface area contributed by atoms with E-state index in [4.69, 9.17) is 5.73 Å². The molecule has 1 aliphatic carbocycles. The highest BCUT2D eigenvalue weighted by molar-refractivity contribution is 7.15. The third kappa shape index (κ3) is 14.5. The number of anilines is 1. The van der Waals surface area contributed by atoms with Crippen molar-refractivity contribution < 1.29 is 0 Å². The van der Waals surface area contributed by atoms with Crippen molar-refractivity contribution in [3.05, 3.63) is 105 Å². The number of thiophene rings is 1. The van der Waals surface area contributed by atoms with Crippen LogP contribution in [-0.4, -0.2) is 0 Å². The van der Waals surface area contributed by atoms with Gasteiger partial charge in [0.1, 0.15) is 0 Å². The van der Waals surface area contributed by atoms with Crippen LogP contribution in [-0.2, 0) is 16.2 Å². The van der Waals surface area contributed by atoms with Crippen molar-refractivity contribution in [2.45, 2.75) is 259 Å². The van der Waals surface area contributed by atoms with E-state index in [1.54, 1.807) is 11.1 Å². The fourth-order valence-electron chi connectivity index (χ4n) is 11.0. The van der Waals surface area contributed by atoms with Crippen LogP contribution in [0.25, 0.3) is 27.1 Å². The molecule has 0 bridgehead atoms. The first-order chi connectivity index (χ1) is 31.7. The average Bonchev–Trinajstić information content (AvgIpc) is 3.89. The summed E-state index contributed by atoms with van der Waals surface area (Å²) in [7, 11) is 0. The molecule has 1 atom stereocenters. The Kier molecular flexibility index (Phi) is 21.2. The number of allylic oxidation sites excluding steroid dienone is 2. The SMILES string of the molecule is CCCCCCCCCCCCC1(CCCCCCCCCCCC)c2cc(C(C)C/C=C(\CCC)c3ccc(-c4ccc(C(C)(C)C)s4)c(C)c3N)ccc2-c2ccc(C(C)(C)C)cc21. The minimum atomic E-state index is 0.0785. The Balaban J connectivity index is 1.42. The zero-order valence-corrected chi connectivity index (χ0v) is 45.4. The molecule has 0 spiro atoms. The standard InChI is InChI=1S/C64H97NS/c1-12-15-17-19-21-23-25-27-29-31-44-64(45-32-30-28-26-24-22-20-18-16-13-2)57-46-51(36-38-55(57)56-39-37-52(47-58(56)64)62(6,7)8)48(4)34-35-50(33-14-3)54-41-40-53(49(5)61(54)65)59-42-43-60(66-59)63(9,10)11/h35-43,46-48H,12-34,44-45,65H2,1-11H3/b50-35+. The van der Waals surface area contributed by atoms with Gasteiger partial charge in [-0.3, -0.25) is 0 Å². The molecule has 2 heteroatoms. The van der Waals surface area contributed by atoms with Crippen LogP contribution in [0.15, 0.2) is 66.7 Å². The topological polar surface area (TPSA) is 26.0 Å². The number of rotatable bonds is 29. The fourth-order valence-corrected chi connectivity index (χ4v) is 12.2. The van der Waals surface area contributed by atoms with E-state index in [1.807, 2.05) is 11.3 Å². The lowest BCUT2D eigenvalue weighted by molar-refractivity contribution is 0.395. The van der Waals surface area contributed by atoms with Crippen LogP contribution >= 0.6 is 11.3 Å². The molecule has 1 heterocycles. The lowest BCUT2D eigenvalue weighted by atomic mass is 9.69. The first kappa shape index (κ1) is 53.8. The van der Waals surface area contributed by atoms with Crippen molar-refractivity contribution in [2.75, 3.05) is 5.73 Å². The molecular formula is C64H97NS. The van der Waals surface area contributed by atoms with Crippen molar-refractivity contribution >= 4 is 22.6 Å². The summed E-state index contributed by atoms with van der Waals surface area (Å²) in [5.74, 6) is 0.409. The third-order valence-electron chi connectivity index (χ3n) is 15.4. The number of unbranched alkanes of at least 4 members (excludes halogenated alkanes) is 18. The van der Waals surface area contributed by atoms with E-state index in [-0.39, 0.29) is 16.2 Å². The van der Waals surface area contributed by atoms with Crippen LogP contribution in [0.1, 0.15) is 274 Å². The molecule has 0 saturated carbocycles. The smallest absolute Gasteiger partial charge is 0.0426 e. The molecule has 0 radical (unpaired) electrons. The molecule has 1 unspecified atom stereocenters. The predicted molar refractivity (Wildman–Crippen MR) is 298 cm³/mol. The van der Waals surface area contributed by atoms with Gasteiger partial charge in [-0.05, 0) is 112 Å². The number of nitrogen functional groups attached to an aromatic ring is 1. The zero-order chi connectivity index (χ0) is 47.7. The van der Waals surface area contributed by atoms with Gasteiger partial charge in [0.15, 0.2) is 0 Å². The van der Waals surface area contributed by atoms with E-state index in [0.29, 0.717) is 5.92 Å². The van der Waals surface area contributed by atoms with E-state index >= 15 is 0 Å². The molecule has 5 rings (SSSR count). The Hall–Kier alpha value is -3.10. The highest BCUT2D eigenvalue weighted by Crippen LogP contribution is 2.56. The molecule has 0 aliphatic heterocycles. The molecule has 364 valence electrons. The summed E-state index contributed by atoms with van der Waals surface area (Å²) in [6.07, 6.45) is 36.0. The maximum absolute atomic E-state index is 7.09. The van der Waals surface area contributed by atoms with Crippen molar-refractivity contribution in [1.82, 2.24) is 0 Å². The Labute approximate surface area is 411 Å². The highest BCUT2D eigenvalue weighted by Gasteiger charge is 2.43. The average molecular weight is 913 g/mol. The van der Waals surface area contributed by atoms with Crippen LogP contribution in [0, 0.1) is 6.92 Å². The van der Waals surface area contributed by atoms with Crippen LogP contribution in [0.5, 0.6) is 0 Å². The summed E-state index contributed by atoms with van der Waals surface area (Å²) < 4.78 is 0. The summed E-state index contributed by atoms with van der Waals surface area (Å²) in [4.78, 5) is 2.73. The minimum Gasteiger partial charge on any atom is -0.398 e. The van der Waals surface area contributed by atoms with Crippen LogP contribution in [0.3, 0.4) is 0 Å². The number of hydrogen-bond acceptors (Lipinski definition) is 2. The molecule has 2 N–H and O–H groups in total. The number of fused-ring (bicyclic) bond motifs is 3. The van der Waals surface area contributed by atoms with Gasteiger partial charge in [-0.25, -0.2) is 0 Å². The monoisotopic (exact) mass is 912 g/mol. The lowest BCUT2D eigenvalue weighted by Gasteiger charge is -2.34. The number of nitrogens with two attached hydrogens (primary N) is 1. The number of hydrogen-bond donors (Lipinski definition) is 1. The van der Waals surface area contributed by atoms with Gasteiger partial charge in [0.2, 0.25) is 0 Å². The molecule has 1 aliphatic rings. The summed E-state index contributed by atoms with van der Waals surface area (Å²) >= 11 is 1.91. The molecule has 0 saturated heterocycles. The highest BCUT2D eigenvalue weighted by atomic mass is 32.1. The Morgan fingerprint density at radius 2 is 1.08 bits per heavy atom. The Bertz CT molecular complexity index is 2070. The second-order valence-electron chi connectivity index (χ2n) is 23.0. The molecule has 66 heavy (non-hydrogen) atoms. The van der Waals surface area contributed by atoms with E-state index in [0.717, 1.165) is 24.9 Å². The predicted octanol–water partition coefficient (Wildman–Crippen LogP) is 21.2. The lowest BCUT2D eigenvalue weighted by Crippen LogP contribution is -2.26. The molecule has 0 fully saturated rings. The Morgan fingerprint density at radius 3 is 1.58 bits per heavy atom. The van der Waals surface area contributed by atoms with Crippen LogP contribution in [0.4, 0.5) is 5.69 Å². The fraction of sp³-hybridized carbons (Fsp3) is 0.625. The van der Waals surface area contributed by atoms with Gasteiger partial charge in [0.25, 0.3) is 0 Å². The van der Waals surface area contributed by atoms with Crippen molar-refractivity contribution in [1.29, 1.82) is 0 Å². The van der Waals surface area contributed by atoms with Gasteiger partial charge < -0.3 is 5.73 Å². The molecular weight excluding hydrogens is 815 g/mol. The first-order valence-corrected chi connectivity index (χ1v) is 28.5.